The van der Waals surface area contributed by atoms with Gasteiger partial charge in [0.2, 0.25) is 0 Å². The summed E-state index contributed by atoms with van der Waals surface area (Å²) in [6.07, 6.45) is 2.32. The van der Waals surface area contributed by atoms with E-state index in [0.29, 0.717) is 53.7 Å². The first-order chi connectivity index (χ1) is 14.9. The molecule has 1 aliphatic rings. The number of carboxylic acid groups (broad SMARTS) is 1. The largest absolute Gasteiger partial charge is 0.497 e. The van der Waals surface area contributed by atoms with E-state index in [9.17, 15) is 19.5 Å². The van der Waals surface area contributed by atoms with E-state index in [1.54, 1.807) is 38.3 Å². The number of carboxylic acids is 1. The third-order valence-corrected chi connectivity index (χ3v) is 6.16. The highest BCUT2D eigenvalue weighted by molar-refractivity contribution is 6.27. The maximum atomic E-state index is 13.4. The van der Waals surface area contributed by atoms with Crippen LogP contribution in [0.4, 0.5) is 0 Å². The molecule has 0 heterocycles. The SMILES string of the molecule is CCC(CCCC(C1=C(C)C(=O)c2ccccc2C1=O)c1ccc(OC)cc1)C(=O)O. The van der Waals surface area contributed by atoms with Gasteiger partial charge in [-0.2, -0.15) is 0 Å². The highest BCUT2D eigenvalue weighted by Gasteiger charge is 2.34. The molecule has 0 fully saturated rings. The number of ketones is 2. The predicted octanol–water partition coefficient (Wildman–Crippen LogP) is 5.46. The molecule has 2 atom stereocenters. The molecule has 2 unspecified atom stereocenters. The van der Waals surface area contributed by atoms with Crippen molar-refractivity contribution < 1.29 is 24.2 Å². The molecule has 0 aromatic heterocycles. The van der Waals surface area contributed by atoms with E-state index in [1.807, 2.05) is 31.2 Å². The molecule has 1 N–H and O–H groups in total. The minimum Gasteiger partial charge on any atom is -0.497 e. The number of aliphatic carboxylic acids is 1. The summed E-state index contributed by atoms with van der Waals surface area (Å²) in [4.78, 5) is 37.9. The molecule has 0 aliphatic heterocycles. The van der Waals surface area contributed by atoms with E-state index < -0.39 is 11.9 Å². The highest BCUT2D eigenvalue weighted by Crippen LogP contribution is 2.39. The summed E-state index contributed by atoms with van der Waals surface area (Å²) in [7, 11) is 1.59. The second kappa shape index (κ2) is 9.73. The highest BCUT2D eigenvalue weighted by atomic mass is 16.5. The van der Waals surface area contributed by atoms with Gasteiger partial charge in [-0.05, 0) is 43.9 Å². The second-order valence-electron chi connectivity index (χ2n) is 7.94. The fraction of sp³-hybridized carbons (Fsp3) is 0.346. The lowest BCUT2D eigenvalue weighted by atomic mass is 9.75. The Hall–Kier alpha value is -3.21. The average Bonchev–Trinajstić information content (AvgIpc) is 2.79. The summed E-state index contributed by atoms with van der Waals surface area (Å²) in [5.41, 5.74) is 2.77. The molecule has 2 aromatic rings. The van der Waals surface area contributed by atoms with Gasteiger partial charge in [-0.25, -0.2) is 0 Å². The number of rotatable bonds is 9. The van der Waals surface area contributed by atoms with Crippen LogP contribution in [0.25, 0.3) is 0 Å². The number of methoxy groups -OCH3 is 1. The van der Waals surface area contributed by atoms with Crippen molar-refractivity contribution in [2.24, 2.45) is 5.92 Å². The first-order valence-electron chi connectivity index (χ1n) is 10.6. The number of allylic oxidation sites excluding steroid dienone is 2. The van der Waals surface area contributed by atoms with Gasteiger partial charge in [0.25, 0.3) is 0 Å². The second-order valence-corrected chi connectivity index (χ2v) is 7.94. The Labute approximate surface area is 182 Å². The smallest absolute Gasteiger partial charge is 0.306 e. The normalized spacial score (nSPS) is 15.5. The molecule has 0 bridgehead atoms. The Morgan fingerprint density at radius 1 is 0.968 bits per heavy atom. The minimum absolute atomic E-state index is 0.124. The lowest BCUT2D eigenvalue weighted by molar-refractivity contribution is -0.142. The van der Waals surface area contributed by atoms with E-state index in [-0.39, 0.29) is 17.5 Å². The third kappa shape index (κ3) is 4.61. The van der Waals surface area contributed by atoms with Crippen LogP contribution in [0.2, 0.25) is 0 Å². The predicted molar refractivity (Wildman–Crippen MR) is 119 cm³/mol. The molecule has 5 heteroatoms. The molecule has 0 radical (unpaired) electrons. The molecule has 5 nitrogen and oxygen atoms in total. The van der Waals surface area contributed by atoms with Gasteiger partial charge in [0.15, 0.2) is 11.6 Å². The maximum absolute atomic E-state index is 13.4. The van der Waals surface area contributed by atoms with Crippen molar-refractivity contribution in [3.8, 4) is 5.75 Å². The number of fused-ring (bicyclic) bond motifs is 1. The van der Waals surface area contributed by atoms with E-state index >= 15 is 0 Å². The van der Waals surface area contributed by atoms with Gasteiger partial charge in [0.05, 0.1) is 13.0 Å². The average molecular weight is 421 g/mol. The van der Waals surface area contributed by atoms with Crippen molar-refractivity contribution in [2.75, 3.05) is 7.11 Å². The number of Topliss-reactive ketones (excluding diaryl/α,β-unsaturated/α-hetero) is 2. The van der Waals surface area contributed by atoms with Crippen LogP contribution < -0.4 is 4.74 Å². The van der Waals surface area contributed by atoms with Crippen molar-refractivity contribution >= 4 is 17.5 Å². The zero-order valence-corrected chi connectivity index (χ0v) is 18.2. The molecule has 31 heavy (non-hydrogen) atoms. The molecule has 162 valence electrons. The molecular weight excluding hydrogens is 392 g/mol. The number of hydrogen-bond donors (Lipinski definition) is 1. The zero-order valence-electron chi connectivity index (χ0n) is 18.2. The third-order valence-electron chi connectivity index (χ3n) is 6.16. The van der Waals surface area contributed by atoms with E-state index in [0.717, 1.165) is 5.56 Å². The van der Waals surface area contributed by atoms with Crippen molar-refractivity contribution in [3.63, 3.8) is 0 Å². The van der Waals surface area contributed by atoms with Crippen molar-refractivity contribution in [2.45, 2.75) is 45.4 Å². The summed E-state index contributed by atoms with van der Waals surface area (Å²) < 4.78 is 5.26. The number of ether oxygens (including phenoxy) is 1. The fourth-order valence-corrected chi connectivity index (χ4v) is 4.32. The first-order valence-corrected chi connectivity index (χ1v) is 10.6. The Morgan fingerprint density at radius 3 is 2.13 bits per heavy atom. The van der Waals surface area contributed by atoms with Gasteiger partial charge >= 0.3 is 5.97 Å². The van der Waals surface area contributed by atoms with Crippen molar-refractivity contribution in [1.82, 2.24) is 0 Å². The first kappa shape index (κ1) is 22.5. The zero-order chi connectivity index (χ0) is 22.5. The van der Waals surface area contributed by atoms with E-state index in [2.05, 4.69) is 0 Å². The van der Waals surface area contributed by atoms with Gasteiger partial charge in [0, 0.05) is 28.2 Å². The minimum atomic E-state index is -0.795. The molecule has 1 aliphatic carbocycles. The molecule has 3 rings (SSSR count). The number of hydrogen-bond acceptors (Lipinski definition) is 4. The van der Waals surface area contributed by atoms with Gasteiger partial charge in [-0.15, -0.1) is 0 Å². The van der Waals surface area contributed by atoms with Gasteiger partial charge in [-0.1, -0.05) is 49.7 Å². The molecular formula is C26H28O5. The Balaban J connectivity index is 1.99. The van der Waals surface area contributed by atoms with Crippen LogP contribution in [0.1, 0.15) is 71.7 Å². The van der Waals surface area contributed by atoms with Gasteiger partial charge < -0.3 is 9.84 Å². The maximum Gasteiger partial charge on any atom is 0.306 e. The Morgan fingerprint density at radius 2 is 1.58 bits per heavy atom. The summed E-state index contributed by atoms with van der Waals surface area (Å²) in [5, 5.41) is 9.37. The molecule has 0 saturated carbocycles. The number of carbonyl (C=O) groups is 3. The molecule has 0 saturated heterocycles. The Kier molecular flexibility index (Phi) is 7.06. The summed E-state index contributed by atoms with van der Waals surface area (Å²) in [5.74, 6) is -1.03. The fourth-order valence-electron chi connectivity index (χ4n) is 4.32. The van der Waals surface area contributed by atoms with Crippen LogP contribution >= 0.6 is 0 Å². The van der Waals surface area contributed by atoms with Crippen LogP contribution in [-0.2, 0) is 4.79 Å². The standard InChI is InChI=1S/C26H28O5/c1-4-17(26(29)30)8-7-11-20(18-12-14-19(31-3)15-13-18)23-16(2)24(27)21-9-5-6-10-22(21)25(23)28/h5-6,9-10,12-15,17,20H,4,7-8,11H2,1-3H3,(H,29,30). The van der Waals surface area contributed by atoms with Crippen LogP contribution in [0.15, 0.2) is 59.7 Å². The molecule has 0 amide bonds. The molecule has 2 aromatic carbocycles. The van der Waals surface area contributed by atoms with Crippen LogP contribution in [-0.4, -0.2) is 29.8 Å². The van der Waals surface area contributed by atoms with Crippen LogP contribution in [0, 0.1) is 5.92 Å². The Bertz CT molecular complexity index is 1020. The lowest BCUT2D eigenvalue weighted by Crippen LogP contribution is -2.25. The van der Waals surface area contributed by atoms with E-state index in [4.69, 9.17) is 4.74 Å². The number of benzene rings is 2. The lowest BCUT2D eigenvalue weighted by Gasteiger charge is -2.27. The summed E-state index contributed by atoms with van der Waals surface area (Å²) in [6.45, 7) is 3.58. The summed E-state index contributed by atoms with van der Waals surface area (Å²) >= 11 is 0. The monoisotopic (exact) mass is 420 g/mol. The van der Waals surface area contributed by atoms with Crippen LogP contribution in [0.3, 0.4) is 0 Å². The van der Waals surface area contributed by atoms with Crippen molar-refractivity contribution in [3.05, 3.63) is 76.4 Å². The number of carbonyl (C=O) groups excluding carboxylic acids is 2. The molecule has 0 spiro atoms. The van der Waals surface area contributed by atoms with E-state index in [1.165, 1.54) is 0 Å². The quantitative estimate of drug-likeness (QED) is 0.583. The topological polar surface area (TPSA) is 80.7 Å². The van der Waals surface area contributed by atoms with Gasteiger partial charge in [0.1, 0.15) is 5.75 Å². The van der Waals surface area contributed by atoms with Gasteiger partial charge in [-0.3, -0.25) is 14.4 Å². The van der Waals surface area contributed by atoms with Crippen molar-refractivity contribution in [1.29, 1.82) is 0 Å². The van der Waals surface area contributed by atoms with Crippen LogP contribution in [0.5, 0.6) is 5.75 Å². The summed E-state index contributed by atoms with van der Waals surface area (Å²) in [6, 6.07) is 14.4.